The molecule has 0 saturated heterocycles. The minimum atomic E-state index is -0.0233. The highest BCUT2D eigenvalue weighted by Gasteiger charge is 2.37. The number of rotatable bonds is 0. The summed E-state index contributed by atoms with van der Waals surface area (Å²) in [4.78, 5) is 22.0. The lowest BCUT2D eigenvalue weighted by molar-refractivity contribution is 0.344. The summed E-state index contributed by atoms with van der Waals surface area (Å²) in [7, 11) is 0. The zero-order valence-electron chi connectivity index (χ0n) is 15.0. The van der Waals surface area contributed by atoms with Crippen LogP contribution in [0.15, 0.2) is 29.3 Å². The van der Waals surface area contributed by atoms with Gasteiger partial charge in [-0.05, 0) is 49.1 Å². The van der Waals surface area contributed by atoms with E-state index in [1.807, 2.05) is 18.3 Å². The summed E-state index contributed by atoms with van der Waals surface area (Å²) in [5.41, 5.74) is 5.12. The monoisotopic (exact) mass is 333 g/mol. The van der Waals surface area contributed by atoms with Crippen LogP contribution < -0.4 is 5.56 Å². The minimum Gasteiger partial charge on any atom is -0.304 e. The van der Waals surface area contributed by atoms with Gasteiger partial charge in [0.1, 0.15) is 0 Å². The second kappa shape index (κ2) is 4.90. The van der Waals surface area contributed by atoms with Crippen LogP contribution in [0.5, 0.6) is 0 Å². The van der Waals surface area contributed by atoms with Gasteiger partial charge in [0, 0.05) is 40.5 Å². The van der Waals surface area contributed by atoms with Gasteiger partial charge in [0.2, 0.25) is 0 Å². The second-order valence-corrected chi connectivity index (χ2v) is 8.65. The molecular weight excluding hydrogens is 310 g/mol. The molecule has 4 nitrogen and oxygen atoms in total. The molecule has 0 aromatic carbocycles. The molecule has 3 heterocycles. The van der Waals surface area contributed by atoms with Gasteiger partial charge in [0.25, 0.3) is 5.56 Å². The Kier molecular flexibility index (Phi) is 2.95. The molecule has 2 bridgehead atoms. The molecule has 0 spiro atoms. The first kappa shape index (κ1) is 15.1. The highest BCUT2D eigenvalue weighted by atomic mass is 16.1. The molecule has 3 aliphatic carbocycles. The molecule has 0 N–H and O–H groups in total. The van der Waals surface area contributed by atoms with E-state index in [1.165, 1.54) is 24.1 Å². The summed E-state index contributed by atoms with van der Waals surface area (Å²) in [5.74, 6) is 0.893. The Hall–Kier alpha value is -2.23. The summed E-state index contributed by atoms with van der Waals surface area (Å²) >= 11 is 0. The van der Waals surface area contributed by atoms with Crippen molar-refractivity contribution in [1.82, 2.24) is 14.4 Å². The number of aromatic nitrogens is 3. The molecule has 4 heteroatoms. The molecule has 0 atom stereocenters. The maximum absolute atomic E-state index is 12.8. The lowest BCUT2D eigenvalue weighted by Gasteiger charge is -2.38. The molecule has 0 radical (unpaired) electrons. The SMILES string of the molecule is CC(C)(C)c1cn2c3c(c(=O)nc2c2cccnc12)C1CCC3CC1. The summed E-state index contributed by atoms with van der Waals surface area (Å²) in [6.45, 7) is 6.66. The normalized spacial score (nSPS) is 22.5. The van der Waals surface area contributed by atoms with Crippen LogP contribution in [0.2, 0.25) is 0 Å². The number of hydrogen-bond acceptors (Lipinski definition) is 3. The molecule has 3 aromatic heterocycles. The summed E-state index contributed by atoms with van der Waals surface area (Å²) < 4.78 is 2.23. The smallest absolute Gasteiger partial charge is 0.276 e. The number of hydrogen-bond donors (Lipinski definition) is 0. The Labute approximate surface area is 146 Å². The average Bonchev–Trinajstić information content (AvgIpc) is 2.61. The molecule has 3 aliphatic rings. The summed E-state index contributed by atoms with van der Waals surface area (Å²) in [5, 5.41) is 0.983. The summed E-state index contributed by atoms with van der Waals surface area (Å²) in [6, 6.07) is 3.99. The van der Waals surface area contributed by atoms with E-state index in [4.69, 9.17) is 0 Å². The van der Waals surface area contributed by atoms with Crippen molar-refractivity contribution < 1.29 is 0 Å². The molecule has 0 unspecified atom stereocenters. The molecule has 1 saturated carbocycles. The molecule has 128 valence electrons. The van der Waals surface area contributed by atoms with Gasteiger partial charge < -0.3 is 4.40 Å². The van der Waals surface area contributed by atoms with Gasteiger partial charge in [-0.3, -0.25) is 9.78 Å². The van der Waals surface area contributed by atoms with Gasteiger partial charge in [-0.1, -0.05) is 20.8 Å². The van der Waals surface area contributed by atoms with E-state index < -0.39 is 0 Å². The second-order valence-electron chi connectivity index (χ2n) is 8.65. The third-order valence-corrected chi connectivity index (χ3v) is 6.09. The third kappa shape index (κ3) is 2.03. The van der Waals surface area contributed by atoms with Gasteiger partial charge >= 0.3 is 0 Å². The Morgan fingerprint density at radius 3 is 2.56 bits per heavy atom. The first-order valence-corrected chi connectivity index (χ1v) is 9.29. The highest BCUT2D eigenvalue weighted by Crippen LogP contribution is 2.48. The van der Waals surface area contributed by atoms with Crippen molar-refractivity contribution in [2.45, 2.75) is 63.7 Å². The third-order valence-electron chi connectivity index (χ3n) is 6.09. The van der Waals surface area contributed by atoms with Crippen LogP contribution in [0.3, 0.4) is 0 Å². The quantitative estimate of drug-likeness (QED) is 0.576. The number of nitrogens with zero attached hydrogens (tertiary/aromatic N) is 3. The van der Waals surface area contributed by atoms with Crippen LogP contribution in [0, 0.1) is 0 Å². The predicted molar refractivity (Wildman–Crippen MR) is 99.4 cm³/mol. The number of pyridine rings is 2. The zero-order chi connectivity index (χ0) is 17.3. The van der Waals surface area contributed by atoms with Crippen molar-refractivity contribution >= 4 is 16.6 Å². The Balaban J connectivity index is 2.01. The van der Waals surface area contributed by atoms with Crippen LogP contribution in [-0.2, 0) is 5.41 Å². The molecule has 3 aromatic rings. The first-order valence-electron chi connectivity index (χ1n) is 9.29. The fraction of sp³-hybridized carbons (Fsp3) is 0.476. The van der Waals surface area contributed by atoms with Crippen molar-refractivity contribution in [3.8, 4) is 0 Å². The molecule has 25 heavy (non-hydrogen) atoms. The van der Waals surface area contributed by atoms with Crippen molar-refractivity contribution in [1.29, 1.82) is 0 Å². The first-order chi connectivity index (χ1) is 11.9. The van der Waals surface area contributed by atoms with E-state index in [0.29, 0.717) is 11.8 Å². The van der Waals surface area contributed by atoms with Gasteiger partial charge in [0.05, 0.1) is 5.52 Å². The highest BCUT2D eigenvalue weighted by molar-refractivity contribution is 5.93. The maximum atomic E-state index is 12.8. The lowest BCUT2D eigenvalue weighted by atomic mass is 9.69. The Morgan fingerprint density at radius 2 is 1.84 bits per heavy atom. The largest absolute Gasteiger partial charge is 0.304 e. The average molecular weight is 333 g/mol. The topological polar surface area (TPSA) is 47.3 Å². The zero-order valence-corrected chi connectivity index (χ0v) is 15.0. The predicted octanol–water partition coefficient (Wildman–Crippen LogP) is 4.30. The minimum absolute atomic E-state index is 0.0157. The molecule has 0 aliphatic heterocycles. The van der Waals surface area contributed by atoms with Crippen molar-refractivity contribution in [2.24, 2.45) is 0 Å². The van der Waals surface area contributed by atoms with Crippen LogP contribution in [-0.4, -0.2) is 14.4 Å². The van der Waals surface area contributed by atoms with Crippen LogP contribution in [0.4, 0.5) is 0 Å². The van der Waals surface area contributed by atoms with E-state index in [0.717, 1.165) is 35.0 Å². The van der Waals surface area contributed by atoms with Gasteiger partial charge in [-0.2, -0.15) is 4.98 Å². The van der Waals surface area contributed by atoms with Crippen molar-refractivity contribution in [2.75, 3.05) is 0 Å². The fourth-order valence-electron chi connectivity index (χ4n) is 4.88. The molecule has 0 amide bonds. The van der Waals surface area contributed by atoms with Gasteiger partial charge in [0.15, 0.2) is 5.65 Å². The van der Waals surface area contributed by atoms with E-state index in [-0.39, 0.29) is 11.0 Å². The van der Waals surface area contributed by atoms with E-state index in [2.05, 4.69) is 41.3 Å². The molecular formula is C21H23N3O. The van der Waals surface area contributed by atoms with E-state index >= 15 is 0 Å². The van der Waals surface area contributed by atoms with Gasteiger partial charge in [-0.25, -0.2) is 0 Å². The van der Waals surface area contributed by atoms with Crippen LogP contribution >= 0.6 is 0 Å². The Bertz CT molecular complexity index is 1070. The van der Waals surface area contributed by atoms with Crippen molar-refractivity contribution in [3.63, 3.8) is 0 Å². The fourth-order valence-corrected chi connectivity index (χ4v) is 4.88. The van der Waals surface area contributed by atoms with E-state index in [9.17, 15) is 4.79 Å². The van der Waals surface area contributed by atoms with E-state index in [1.54, 1.807) is 0 Å². The molecule has 1 fully saturated rings. The molecule has 6 rings (SSSR count). The standard InChI is InChI=1S/C21H23N3O/c1-21(2,3)15-11-24-18-13-8-6-12(7-9-13)16(18)20(25)23-19(24)14-5-4-10-22-17(14)15/h4-5,10-13H,6-9H2,1-3H3. The van der Waals surface area contributed by atoms with Gasteiger partial charge in [-0.15, -0.1) is 0 Å². The Morgan fingerprint density at radius 1 is 1.12 bits per heavy atom. The number of fused-ring (bicyclic) bond motifs is 5. The van der Waals surface area contributed by atoms with Crippen LogP contribution in [0.25, 0.3) is 16.6 Å². The summed E-state index contributed by atoms with van der Waals surface area (Å²) in [6.07, 6.45) is 8.70. The maximum Gasteiger partial charge on any atom is 0.276 e. The van der Waals surface area contributed by atoms with Crippen molar-refractivity contribution in [3.05, 3.63) is 51.7 Å². The lowest BCUT2D eigenvalue weighted by Crippen LogP contribution is -2.33. The van der Waals surface area contributed by atoms with Crippen LogP contribution in [0.1, 0.15) is 75.1 Å².